The van der Waals surface area contributed by atoms with Crippen LogP contribution >= 0.6 is 0 Å². The summed E-state index contributed by atoms with van der Waals surface area (Å²) in [5.41, 5.74) is 0.200. The summed E-state index contributed by atoms with van der Waals surface area (Å²) in [6.07, 6.45) is 4.80. The number of hydrogen-bond donors (Lipinski definition) is 1. The lowest BCUT2D eigenvalue weighted by atomic mass is 9.67. The monoisotopic (exact) mass is 497 g/mol. The molecule has 11 heteroatoms. The van der Waals surface area contributed by atoms with Gasteiger partial charge >= 0.3 is 0 Å². The van der Waals surface area contributed by atoms with Crippen molar-refractivity contribution in [2.24, 2.45) is 0 Å². The molecule has 3 fully saturated rings. The van der Waals surface area contributed by atoms with Crippen LogP contribution in [0.25, 0.3) is 11.0 Å². The van der Waals surface area contributed by atoms with Gasteiger partial charge in [0.1, 0.15) is 19.0 Å². The normalized spacial score (nSPS) is 25.6. The van der Waals surface area contributed by atoms with E-state index < -0.39 is 17.5 Å². The second kappa shape index (κ2) is 8.67. The summed E-state index contributed by atoms with van der Waals surface area (Å²) in [6.45, 7) is 1.35. The van der Waals surface area contributed by atoms with E-state index in [1.807, 2.05) is 11.9 Å². The van der Waals surface area contributed by atoms with Crippen LogP contribution in [0.1, 0.15) is 31.2 Å². The first-order valence-corrected chi connectivity index (χ1v) is 12.1. The van der Waals surface area contributed by atoms with Gasteiger partial charge in [-0.1, -0.05) is 0 Å². The van der Waals surface area contributed by atoms with E-state index >= 15 is 0 Å². The minimum Gasteiger partial charge on any atom is -0.483 e. The number of aliphatic hydroxyl groups is 1. The highest BCUT2D eigenvalue weighted by atomic mass is 19.1. The number of halogens is 1. The molecule has 2 bridgehead atoms. The van der Waals surface area contributed by atoms with Crippen molar-refractivity contribution in [3.05, 3.63) is 35.9 Å². The molecule has 6 heterocycles. The summed E-state index contributed by atoms with van der Waals surface area (Å²) in [5, 5.41) is 11.3. The average molecular weight is 498 g/mol. The van der Waals surface area contributed by atoms with Crippen LogP contribution in [0.15, 0.2) is 24.5 Å². The molecule has 0 amide bonds. The Morgan fingerprint density at radius 1 is 1.11 bits per heavy atom. The number of hydrogen-bond acceptors (Lipinski definition) is 10. The van der Waals surface area contributed by atoms with E-state index in [1.165, 1.54) is 13.3 Å². The second-order valence-corrected chi connectivity index (χ2v) is 9.70. The Morgan fingerprint density at radius 2 is 1.92 bits per heavy atom. The summed E-state index contributed by atoms with van der Waals surface area (Å²) in [7, 11) is 3.46. The number of methoxy groups -OCH3 is 1. The molecule has 10 nitrogen and oxygen atoms in total. The Labute approximate surface area is 207 Å². The molecule has 2 saturated heterocycles. The minimum atomic E-state index is -0.903. The number of fused-ring (bicyclic) bond motifs is 5. The number of likely N-dealkylation sites (N-methyl/N-ethyl adjacent to an activating group) is 1. The summed E-state index contributed by atoms with van der Waals surface area (Å²) >= 11 is 0. The van der Waals surface area contributed by atoms with Crippen molar-refractivity contribution < 1.29 is 28.4 Å². The molecule has 4 aliphatic rings. The molecule has 1 atom stereocenters. The Balaban J connectivity index is 1.21. The summed E-state index contributed by atoms with van der Waals surface area (Å²) in [6, 6.07) is 3.41. The maximum Gasteiger partial charge on any atom is 0.262 e. The lowest BCUT2D eigenvalue weighted by molar-refractivity contribution is -0.202. The van der Waals surface area contributed by atoms with Gasteiger partial charge in [-0.15, -0.1) is 0 Å². The van der Waals surface area contributed by atoms with Gasteiger partial charge in [0.2, 0.25) is 11.8 Å². The van der Waals surface area contributed by atoms with Gasteiger partial charge in [0.15, 0.2) is 5.75 Å². The number of nitrogens with zero attached hydrogens (tertiary/aromatic N) is 5. The molecule has 1 saturated carbocycles. The standard InChI is InChI=1S/C25H28FN5O5/c1-31(23-28-13-18-22(30-23)35-10-9-34-18)24-5-7-25(8-6-24,36-14-24)19(32)11-15-16(26)12-27-17-3-4-20(33-2)29-21(15)17/h3-4,12-13,19,32H,5-11,14H2,1-2H3. The predicted octanol–water partition coefficient (Wildman–Crippen LogP) is 2.46. The van der Waals surface area contributed by atoms with Gasteiger partial charge in [0.05, 0.1) is 54.4 Å². The lowest BCUT2D eigenvalue weighted by Crippen LogP contribution is -2.65. The third kappa shape index (κ3) is 3.68. The molecular formula is C25H28FN5O5. The molecule has 3 aliphatic heterocycles. The van der Waals surface area contributed by atoms with E-state index in [9.17, 15) is 9.50 Å². The third-order valence-electron chi connectivity index (χ3n) is 7.91. The van der Waals surface area contributed by atoms with Crippen LogP contribution in [0, 0.1) is 5.82 Å². The first kappa shape index (κ1) is 23.1. The summed E-state index contributed by atoms with van der Waals surface area (Å²) in [5.74, 6) is 1.40. The van der Waals surface area contributed by atoms with E-state index in [-0.39, 0.29) is 12.0 Å². The first-order valence-electron chi connectivity index (χ1n) is 12.1. The lowest BCUT2D eigenvalue weighted by Gasteiger charge is -2.57. The van der Waals surface area contributed by atoms with Crippen LogP contribution in [0.4, 0.5) is 10.3 Å². The van der Waals surface area contributed by atoms with Crippen molar-refractivity contribution >= 4 is 17.0 Å². The molecule has 3 aromatic rings. The van der Waals surface area contributed by atoms with Gasteiger partial charge in [-0.2, -0.15) is 4.98 Å². The SMILES string of the molecule is COc1ccc2ncc(F)c(CC(O)C34CCC(N(C)c5ncc6c(n5)OCCO6)(CC3)CO4)c2n1. The maximum atomic E-state index is 14.9. The van der Waals surface area contributed by atoms with E-state index in [0.29, 0.717) is 72.7 Å². The van der Waals surface area contributed by atoms with Gasteiger partial charge in [-0.25, -0.2) is 14.4 Å². The Bertz CT molecular complexity index is 1280. The molecule has 1 unspecified atom stereocenters. The van der Waals surface area contributed by atoms with Crippen LogP contribution in [0.5, 0.6) is 17.5 Å². The van der Waals surface area contributed by atoms with Gasteiger partial charge in [0.25, 0.3) is 5.88 Å². The van der Waals surface area contributed by atoms with Crippen molar-refractivity contribution in [2.45, 2.75) is 49.3 Å². The van der Waals surface area contributed by atoms with Gasteiger partial charge in [0, 0.05) is 25.1 Å². The molecule has 0 radical (unpaired) electrons. The van der Waals surface area contributed by atoms with E-state index in [2.05, 4.69) is 19.9 Å². The number of aliphatic hydroxyl groups excluding tert-OH is 1. The average Bonchev–Trinajstić information content (AvgIpc) is 2.94. The molecule has 36 heavy (non-hydrogen) atoms. The summed E-state index contributed by atoms with van der Waals surface area (Å²) in [4.78, 5) is 19.6. The Hall–Kier alpha value is -3.31. The zero-order valence-corrected chi connectivity index (χ0v) is 20.2. The minimum absolute atomic E-state index is 0.0686. The Kier molecular flexibility index (Phi) is 5.56. The largest absolute Gasteiger partial charge is 0.483 e. The van der Waals surface area contributed by atoms with Gasteiger partial charge in [-0.3, -0.25) is 4.98 Å². The molecule has 1 N–H and O–H groups in total. The summed E-state index contributed by atoms with van der Waals surface area (Å²) < 4.78 is 37.6. The second-order valence-electron chi connectivity index (χ2n) is 9.70. The highest BCUT2D eigenvalue weighted by Crippen LogP contribution is 2.49. The van der Waals surface area contributed by atoms with Crippen molar-refractivity contribution in [3.8, 4) is 17.5 Å². The van der Waals surface area contributed by atoms with Crippen LogP contribution in [0.2, 0.25) is 0 Å². The van der Waals surface area contributed by atoms with Gasteiger partial charge in [-0.05, 0) is 31.7 Å². The van der Waals surface area contributed by atoms with E-state index in [0.717, 1.165) is 12.8 Å². The zero-order chi connectivity index (χ0) is 24.9. The predicted molar refractivity (Wildman–Crippen MR) is 127 cm³/mol. The highest BCUT2D eigenvalue weighted by Gasteiger charge is 2.55. The van der Waals surface area contributed by atoms with Crippen molar-refractivity contribution in [2.75, 3.05) is 38.9 Å². The molecule has 3 aromatic heterocycles. The van der Waals surface area contributed by atoms with Crippen LogP contribution in [-0.4, -0.2) is 76.3 Å². The third-order valence-corrected chi connectivity index (χ3v) is 7.91. The molecular weight excluding hydrogens is 469 g/mol. The zero-order valence-electron chi connectivity index (χ0n) is 20.2. The highest BCUT2D eigenvalue weighted by molar-refractivity contribution is 5.78. The van der Waals surface area contributed by atoms with E-state index in [1.54, 1.807) is 18.3 Å². The van der Waals surface area contributed by atoms with Crippen LogP contribution in [0.3, 0.4) is 0 Å². The molecule has 1 aliphatic carbocycles. The Morgan fingerprint density at radius 3 is 2.67 bits per heavy atom. The first-order chi connectivity index (χ1) is 17.4. The fraction of sp³-hybridized carbons (Fsp3) is 0.520. The van der Waals surface area contributed by atoms with Crippen molar-refractivity contribution in [1.82, 2.24) is 19.9 Å². The fourth-order valence-electron chi connectivity index (χ4n) is 5.54. The fourth-order valence-corrected chi connectivity index (χ4v) is 5.54. The van der Waals surface area contributed by atoms with Crippen LogP contribution in [-0.2, 0) is 11.2 Å². The number of ether oxygens (including phenoxy) is 4. The number of rotatable bonds is 6. The van der Waals surface area contributed by atoms with E-state index in [4.69, 9.17) is 18.9 Å². The molecule has 0 spiro atoms. The number of pyridine rings is 2. The molecule has 0 aromatic carbocycles. The van der Waals surface area contributed by atoms with Crippen LogP contribution < -0.4 is 19.1 Å². The quantitative estimate of drug-likeness (QED) is 0.545. The maximum absolute atomic E-state index is 14.9. The molecule has 190 valence electrons. The molecule has 7 rings (SSSR count). The smallest absolute Gasteiger partial charge is 0.262 e. The topological polar surface area (TPSA) is 112 Å². The van der Waals surface area contributed by atoms with Crippen molar-refractivity contribution in [1.29, 1.82) is 0 Å². The van der Waals surface area contributed by atoms with Gasteiger partial charge < -0.3 is 29.0 Å². The number of aromatic nitrogens is 4. The number of anilines is 1. The van der Waals surface area contributed by atoms with Crippen molar-refractivity contribution in [3.63, 3.8) is 0 Å².